The maximum atomic E-state index is 11.9. The van der Waals surface area contributed by atoms with Crippen LogP contribution in [0.15, 0.2) is 24.3 Å². The van der Waals surface area contributed by atoms with Gasteiger partial charge < -0.3 is 10.6 Å². The highest BCUT2D eigenvalue weighted by molar-refractivity contribution is 7.91. The van der Waals surface area contributed by atoms with E-state index in [0.29, 0.717) is 5.02 Å². The third kappa shape index (κ3) is 4.59. The highest BCUT2D eigenvalue weighted by Gasteiger charge is 2.37. The molecule has 2 rings (SSSR count). The first-order valence-electron chi connectivity index (χ1n) is 6.90. The fraction of sp³-hybridized carbons (Fsp3) is 0.500. The third-order valence-electron chi connectivity index (χ3n) is 3.57. The molecule has 122 valence electrons. The zero-order valence-electron chi connectivity index (χ0n) is 12.1. The first-order chi connectivity index (χ1) is 10.3. The number of carbonyl (C=O) groups excluding carboxylic acids is 1. The van der Waals surface area contributed by atoms with E-state index >= 15 is 0 Å². The molecule has 1 aliphatic heterocycles. The van der Waals surface area contributed by atoms with Crippen molar-refractivity contribution in [2.24, 2.45) is 0 Å². The molecule has 0 aliphatic carbocycles. The van der Waals surface area contributed by atoms with E-state index in [2.05, 4.69) is 10.6 Å². The zero-order chi connectivity index (χ0) is 16.3. The van der Waals surface area contributed by atoms with E-state index in [1.165, 1.54) is 0 Å². The van der Waals surface area contributed by atoms with Gasteiger partial charge in [0.25, 0.3) is 0 Å². The van der Waals surface area contributed by atoms with Crippen LogP contribution >= 0.6 is 23.2 Å². The number of hydrogen-bond donors (Lipinski definition) is 2. The fourth-order valence-corrected chi connectivity index (χ4v) is 5.23. The maximum absolute atomic E-state index is 11.9. The Morgan fingerprint density at radius 1 is 1.36 bits per heavy atom. The third-order valence-corrected chi connectivity index (χ3v) is 6.29. The molecule has 1 saturated heterocycles. The summed E-state index contributed by atoms with van der Waals surface area (Å²) in [5.41, 5.74) is 0.899. The number of halogens is 2. The van der Waals surface area contributed by atoms with Crippen LogP contribution in [0.3, 0.4) is 0 Å². The minimum atomic E-state index is -3.15. The first-order valence-corrected chi connectivity index (χ1v) is 9.54. The molecular formula is C14H18Cl2N2O3S. The molecule has 1 fully saturated rings. The molecule has 1 aliphatic rings. The summed E-state index contributed by atoms with van der Waals surface area (Å²) in [6, 6.07) is 6.76. The summed E-state index contributed by atoms with van der Waals surface area (Å²) in [4.78, 5) is 11.9. The van der Waals surface area contributed by atoms with E-state index < -0.39 is 21.3 Å². The van der Waals surface area contributed by atoms with Gasteiger partial charge in [-0.15, -0.1) is 11.6 Å². The molecule has 0 spiro atoms. The fourth-order valence-electron chi connectivity index (χ4n) is 2.38. The van der Waals surface area contributed by atoms with Gasteiger partial charge in [0.05, 0.1) is 29.5 Å². The Bertz CT molecular complexity index is 651. The first kappa shape index (κ1) is 17.5. The van der Waals surface area contributed by atoms with Crippen LogP contribution in [-0.4, -0.2) is 43.8 Å². The molecule has 0 unspecified atom stereocenters. The highest BCUT2D eigenvalue weighted by Crippen LogP contribution is 2.22. The maximum Gasteiger partial charge on any atom is 0.234 e. The summed E-state index contributed by atoms with van der Waals surface area (Å²) in [5.74, 6) is -0.484. The van der Waals surface area contributed by atoms with Gasteiger partial charge in [0.2, 0.25) is 5.91 Å². The van der Waals surface area contributed by atoms with Crippen molar-refractivity contribution in [2.75, 3.05) is 18.1 Å². The quantitative estimate of drug-likeness (QED) is 0.776. The van der Waals surface area contributed by atoms with E-state index in [-0.39, 0.29) is 30.0 Å². The van der Waals surface area contributed by atoms with Crippen molar-refractivity contribution in [2.45, 2.75) is 24.4 Å². The topological polar surface area (TPSA) is 75.3 Å². The molecule has 1 heterocycles. The minimum absolute atomic E-state index is 0.0620. The van der Waals surface area contributed by atoms with Gasteiger partial charge in [-0.1, -0.05) is 29.8 Å². The Kier molecular flexibility index (Phi) is 5.71. The Morgan fingerprint density at radius 3 is 2.64 bits per heavy atom. The van der Waals surface area contributed by atoms with Gasteiger partial charge >= 0.3 is 0 Å². The van der Waals surface area contributed by atoms with Crippen molar-refractivity contribution in [3.05, 3.63) is 34.9 Å². The summed E-state index contributed by atoms with van der Waals surface area (Å²) < 4.78 is 22.9. The molecule has 0 bridgehead atoms. The van der Waals surface area contributed by atoms with Crippen LogP contribution < -0.4 is 10.6 Å². The number of benzene rings is 1. The molecule has 8 heteroatoms. The number of alkyl halides is 1. The van der Waals surface area contributed by atoms with Crippen LogP contribution in [0, 0.1) is 0 Å². The smallest absolute Gasteiger partial charge is 0.234 e. The van der Waals surface area contributed by atoms with E-state index in [1.54, 1.807) is 6.07 Å². The second-order valence-corrected chi connectivity index (χ2v) is 8.51. The van der Waals surface area contributed by atoms with Crippen LogP contribution in [0.25, 0.3) is 0 Å². The van der Waals surface area contributed by atoms with Crippen molar-refractivity contribution >= 4 is 38.9 Å². The Morgan fingerprint density at radius 2 is 2.05 bits per heavy atom. The van der Waals surface area contributed by atoms with Gasteiger partial charge in [0.15, 0.2) is 9.84 Å². The number of hydrogen-bond acceptors (Lipinski definition) is 4. The van der Waals surface area contributed by atoms with Crippen LogP contribution in [0.5, 0.6) is 0 Å². The van der Waals surface area contributed by atoms with Gasteiger partial charge in [0.1, 0.15) is 0 Å². The molecule has 0 saturated carbocycles. The predicted octanol–water partition coefficient (Wildman–Crippen LogP) is 1.51. The Balaban J connectivity index is 1.85. The minimum Gasteiger partial charge on any atom is -0.350 e. The standard InChI is InChI=1S/C14H18Cl2N2O3S/c1-9(10-4-2-3-5-11(10)15)17-6-14(19)18-13-8-22(20,21)7-12(13)16/h2-5,9,12-13,17H,6-8H2,1H3,(H,18,19)/t9-,12+,13-/m1/s1. The Hall–Kier alpha value is -0.820. The van der Waals surface area contributed by atoms with E-state index in [0.717, 1.165) is 5.56 Å². The van der Waals surface area contributed by atoms with Gasteiger partial charge in [-0.05, 0) is 18.6 Å². The van der Waals surface area contributed by atoms with Gasteiger partial charge in [-0.2, -0.15) is 0 Å². The van der Waals surface area contributed by atoms with E-state index in [1.807, 2.05) is 25.1 Å². The molecule has 1 amide bonds. The second-order valence-electron chi connectivity index (χ2n) is 5.39. The van der Waals surface area contributed by atoms with Crippen molar-refractivity contribution in [1.29, 1.82) is 0 Å². The van der Waals surface area contributed by atoms with Gasteiger partial charge in [-0.25, -0.2) is 8.42 Å². The number of carbonyl (C=O) groups is 1. The van der Waals surface area contributed by atoms with Crippen molar-refractivity contribution < 1.29 is 13.2 Å². The lowest BCUT2D eigenvalue weighted by atomic mass is 10.1. The zero-order valence-corrected chi connectivity index (χ0v) is 14.4. The molecular weight excluding hydrogens is 347 g/mol. The average molecular weight is 365 g/mol. The van der Waals surface area contributed by atoms with Crippen molar-refractivity contribution in [3.63, 3.8) is 0 Å². The summed E-state index contributed by atoms with van der Waals surface area (Å²) in [5, 5.41) is 5.78. The number of sulfone groups is 1. The highest BCUT2D eigenvalue weighted by atomic mass is 35.5. The summed E-state index contributed by atoms with van der Waals surface area (Å²) in [7, 11) is -3.15. The van der Waals surface area contributed by atoms with Crippen LogP contribution in [0.1, 0.15) is 18.5 Å². The molecule has 5 nitrogen and oxygen atoms in total. The van der Waals surface area contributed by atoms with Gasteiger partial charge in [-0.3, -0.25) is 4.79 Å². The van der Waals surface area contributed by atoms with Crippen LogP contribution in [-0.2, 0) is 14.6 Å². The molecule has 1 aromatic carbocycles. The lowest BCUT2D eigenvalue weighted by Gasteiger charge is -2.18. The number of amides is 1. The number of rotatable bonds is 5. The summed E-state index contributed by atoms with van der Waals surface area (Å²) in [6.07, 6.45) is 0. The Labute approximate surface area is 140 Å². The SMILES string of the molecule is C[C@@H](NCC(=O)N[C@@H]1CS(=O)(=O)C[C@@H]1Cl)c1ccccc1Cl. The van der Waals surface area contributed by atoms with Crippen LogP contribution in [0.2, 0.25) is 5.02 Å². The molecule has 0 aromatic heterocycles. The second kappa shape index (κ2) is 7.17. The average Bonchev–Trinajstić information content (AvgIpc) is 2.69. The monoisotopic (exact) mass is 364 g/mol. The summed E-state index contributed by atoms with van der Waals surface area (Å²) >= 11 is 12.1. The summed E-state index contributed by atoms with van der Waals surface area (Å²) in [6.45, 7) is 1.96. The molecule has 2 N–H and O–H groups in total. The normalized spacial score (nSPS) is 24.9. The van der Waals surface area contributed by atoms with E-state index in [4.69, 9.17) is 23.2 Å². The predicted molar refractivity (Wildman–Crippen MR) is 88.1 cm³/mol. The van der Waals surface area contributed by atoms with Gasteiger partial charge in [0, 0.05) is 11.1 Å². The largest absolute Gasteiger partial charge is 0.350 e. The lowest BCUT2D eigenvalue weighted by molar-refractivity contribution is -0.120. The molecule has 1 aromatic rings. The molecule has 3 atom stereocenters. The molecule has 0 radical (unpaired) electrons. The number of nitrogens with one attached hydrogen (secondary N) is 2. The molecule has 22 heavy (non-hydrogen) atoms. The van der Waals surface area contributed by atoms with E-state index in [9.17, 15) is 13.2 Å². The van der Waals surface area contributed by atoms with Crippen molar-refractivity contribution in [3.8, 4) is 0 Å². The lowest BCUT2D eigenvalue weighted by Crippen LogP contribution is -2.44. The van der Waals surface area contributed by atoms with Crippen LogP contribution in [0.4, 0.5) is 0 Å². The van der Waals surface area contributed by atoms with Crippen molar-refractivity contribution in [1.82, 2.24) is 10.6 Å².